The number of carbonyl (C=O) groups is 2. The number of hydrogen-bond donors (Lipinski definition) is 1. The normalized spacial score (nSPS) is 25.7. The molecule has 23 heavy (non-hydrogen) atoms. The first-order valence-corrected chi connectivity index (χ1v) is 8.61. The maximum atomic E-state index is 12.8. The van der Waals surface area contributed by atoms with Crippen LogP contribution in [0.5, 0.6) is 0 Å². The average molecular weight is 318 g/mol. The van der Waals surface area contributed by atoms with Crippen molar-refractivity contribution in [1.82, 2.24) is 14.7 Å². The Bertz CT molecular complexity index is 604. The molecule has 1 saturated carbocycles. The molecule has 2 aliphatic rings. The Morgan fingerprint density at radius 3 is 2.52 bits per heavy atom. The molecule has 2 N–H and O–H groups in total. The number of nitrogens with two attached hydrogens (primary N) is 1. The number of carbonyl (C=O) groups excluding carboxylic acids is 2. The molecule has 0 aromatic carbocycles. The number of likely N-dealkylation sites (tertiary alicyclic amines) is 1. The van der Waals surface area contributed by atoms with Gasteiger partial charge in [0.05, 0.1) is 23.7 Å². The maximum absolute atomic E-state index is 12.8. The topological polar surface area (TPSA) is 81.2 Å². The van der Waals surface area contributed by atoms with Gasteiger partial charge < -0.3 is 10.6 Å². The molecule has 126 valence electrons. The van der Waals surface area contributed by atoms with Gasteiger partial charge in [-0.25, -0.2) is 0 Å². The third-order valence-electron chi connectivity index (χ3n) is 5.46. The predicted octanol–water partition coefficient (Wildman–Crippen LogP) is 1.89. The summed E-state index contributed by atoms with van der Waals surface area (Å²) in [7, 11) is 0. The van der Waals surface area contributed by atoms with E-state index in [1.165, 1.54) is 19.3 Å². The lowest BCUT2D eigenvalue weighted by atomic mass is 9.95. The molecule has 6 nitrogen and oxygen atoms in total. The summed E-state index contributed by atoms with van der Waals surface area (Å²) in [5, 5.41) is 4.48. The summed E-state index contributed by atoms with van der Waals surface area (Å²) < 4.78 is 2.03. The van der Waals surface area contributed by atoms with Gasteiger partial charge in [0.2, 0.25) is 5.91 Å². The first-order valence-electron chi connectivity index (χ1n) is 8.61. The number of aromatic nitrogens is 2. The van der Waals surface area contributed by atoms with E-state index >= 15 is 0 Å². The van der Waals surface area contributed by atoms with E-state index in [2.05, 4.69) is 5.10 Å². The van der Waals surface area contributed by atoms with E-state index in [1.54, 1.807) is 11.1 Å². The van der Waals surface area contributed by atoms with Crippen LogP contribution in [-0.2, 0) is 4.79 Å². The fraction of sp³-hybridized carbons (Fsp3) is 0.706. The number of primary amides is 1. The molecule has 6 heteroatoms. The van der Waals surface area contributed by atoms with Gasteiger partial charge >= 0.3 is 0 Å². The average Bonchev–Trinajstić information content (AvgIpc) is 3.11. The van der Waals surface area contributed by atoms with E-state index in [9.17, 15) is 9.59 Å². The Hall–Kier alpha value is -1.85. The van der Waals surface area contributed by atoms with Crippen molar-refractivity contribution in [3.8, 4) is 0 Å². The van der Waals surface area contributed by atoms with Gasteiger partial charge in [0.25, 0.3) is 5.91 Å². The van der Waals surface area contributed by atoms with Crippen LogP contribution in [0.1, 0.15) is 61.1 Å². The first kappa shape index (κ1) is 16.0. The van der Waals surface area contributed by atoms with Gasteiger partial charge in [0.1, 0.15) is 0 Å². The molecule has 0 unspecified atom stereocenters. The Balaban J connectivity index is 1.76. The fourth-order valence-electron chi connectivity index (χ4n) is 4.00. The van der Waals surface area contributed by atoms with Crippen molar-refractivity contribution in [1.29, 1.82) is 0 Å². The van der Waals surface area contributed by atoms with Crippen LogP contribution in [0, 0.1) is 18.8 Å². The second kappa shape index (κ2) is 6.34. The van der Waals surface area contributed by atoms with E-state index in [1.807, 2.05) is 18.5 Å². The highest BCUT2D eigenvalue weighted by Gasteiger charge is 2.37. The number of amides is 2. The van der Waals surface area contributed by atoms with Crippen LogP contribution in [0.3, 0.4) is 0 Å². The maximum Gasteiger partial charge on any atom is 0.257 e. The molecule has 1 aliphatic carbocycles. The van der Waals surface area contributed by atoms with Crippen molar-refractivity contribution >= 4 is 11.8 Å². The molecule has 3 rings (SSSR count). The molecule has 1 aromatic rings. The third-order valence-corrected chi connectivity index (χ3v) is 5.46. The summed E-state index contributed by atoms with van der Waals surface area (Å²) in [5.41, 5.74) is 7.03. The highest BCUT2D eigenvalue weighted by atomic mass is 16.2. The SMILES string of the molecule is Cc1c(C(=O)N2C[C@@H](C)[C@H](C(N)=O)C2)cnn1C1CCCCC1. The molecular formula is C17H26N4O2. The Morgan fingerprint density at radius 1 is 1.22 bits per heavy atom. The lowest BCUT2D eigenvalue weighted by Gasteiger charge is -2.23. The monoisotopic (exact) mass is 318 g/mol. The molecule has 2 fully saturated rings. The standard InChI is InChI=1S/C17H26N4O2/c1-11-9-20(10-15(11)16(18)22)17(23)14-8-19-21(12(14)2)13-6-4-3-5-7-13/h8,11,13,15H,3-7,9-10H2,1-2H3,(H2,18,22)/t11-,15-/m1/s1. The molecular weight excluding hydrogens is 292 g/mol. The fourth-order valence-corrected chi connectivity index (χ4v) is 4.00. The number of rotatable bonds is 3. The predicted molar refractivity (Wildman–Crippen MR) is 86.8 cm³/mol. The molecule has 2 heterocycles. The van der Waals surface area contributed by atoms with Crippen molar-refractivity contribution in [2.45, 2.75) is 52.0 Å². The molecule has 0 radical (unpaired) electrons. The summed E-state index contributed by atoms with van der Waals surface area (Å²) in [6, 6.07) is 0.418. The molecule has 2 amide bonds. The molecule has 1 aromatic heterocycles. The van der Waals surface area contributed by atoms with Crippen LogP contribution >= 0.6 is 0 Å². The summed E-state index contributed by atoms with van der Waals surface area (Å²) in [6.45, 7) is 4.95. The highest BCUT2D eigenvalue weighted by molar-refractivity contribution is 5.95. The quantitative estimate of drug-likeness (QED) is 0.924. The lowest BCUT2D eigenvalue weighted by molar-refractivity contribution is -0.122. The lowest BCUT2D eigenvalue weighted by Crippen LogP contribution is -2.32. The van der Waals surface area contributed by atoms with Gasteiger partial charge in [-0.2, -0.15) is 5.10 Å². The molecule has 0 spiro atoms. The second-order valence-electron chi connectivity index (χ2n) is 7.08. The van der Waals surface area contributed by atoms with Gasteiger partial charge in [0.15, 0.2) is 0 Å². The van der Waals surface area contributed by atoms with Crippen LogP contribution in [-0.4, -0.2) is 39.6 Å². The van der Waals surface area contributed by atoms with Crippen molar-refractivity contribution in [2.24, 2.45) is 17.6 Å². The summed E-state index contributed by atoms with van der Waals surface area (Å²) >= 11 is 0. The molecule has 1 aliphatic heterocycles. The van der Waals surface area contributed by atoms with Crippen LogP contribution < -0.4 is 5.73 Å². The highest BCUT2D eigenvalue weighted by Crippen LogP contribution is 2.30. The summed E-state index contributed by atoms with van der Waals surface area (Å²) in [4.78, 5) is 26.0. The van der Waals surface area contributed by atoms with Crippen LogP contribution in [0.15, 0.2) is 6.20 Å². The Kier molecular flexibility index (Phi) is 4.41. The van der Waals surface area contributed by atoms with Gasteiger partial charge in [-0.3, -0.25) is 14.3 Å². The second-order valence-corrected chi connectivity index (χ2v) is 7.08. The third kappa shape index (κ3) is 2.99. The minimum Gasteiger partial charge on any atom is -0.369 e. The number of nitrogens with zero attached hydrogens (tertiary/aromatic N) is 3. The van der Waals surface area contributed by atoms with Gasteiger partial charge in [-0.15, -0.1) is 0 Å². The Labute approximate surface area is 137 Å². The summed E-state index contributed by atoms with van der Waals surface area (Å²) in [5.74, 6) is -0.472. The van der Waals surface area contributed by atoms with Crippen LogP contribution in [0.2, 0.25) is 0 Å². The summed E-state index contributed by atoms with van der Waals surface area (Å²) in [6.07, 6.45) is 7.73. The van der Waals surface area contributed by atoms with E-state index in [4.69, 9.17) is 5.73 Å². The van der Waals surface area contributed by atoms with Gasteiger partial charge in [0, 0.05) is 18.8 Å². The van der Waals surface area contributed by atoms with E-state index < -0.39 is 0 Å². The van der Waals surface area contributed by atoms with Crippen LogP contribution in [0.4, 0.5) is 0 Å². The first-order chi connectivity index (χ1) is 11.0. The van der Waals surface area contributed by atoms with Gasteiger partial charge in [-0.05, 0) is 25.7 Å². The van der Waals surface area contributed by atoms with E-state index in [0.717, 1.165) is 18.5 Å². The van der Waals surface area contributed by atoms with Crippen molar-refractivity contribution in [3.05, 3.63) is 17.5 Å². The zero-order valence-electron chi connectivity index (χ0n) is 14.0. The van der Waals surface area contributed by atoms with Crippen LogP contribution in [0.25, 0.3) is 0 Å². The van der Waals surface area contributed by atoms with Gasteiger partial charge in [-0.1, -0.05) is 26.2 Å². The molecule has 2 atom stereocenters. The Morgan fingerprint density at radius 2 is 1.91 bits per heavy atom. The zero-order chi connectivity index (χ0) is 16.6. The van der Waals surface area contributed by atoms with E-state index in [-0.39, 0.29) is 23.7 Å². The largest absolute Gasteiger partial charge is 0.369 e. The van der Waals surface area contributed by atoms with Crippen molar-refractivity contribution in [2.75, 3.05) is 13.1 Å². The molecule has 1 saturated heterocycles. The smallest absolute Gasteiger partial charge is 0.257 e. The van der Waals surface area contributed by atoms with Crippen molar-refractivity contribution < 1.29 is 9.59 Å². The minimum absolute atomic E-state index is 0.0276. The molecule has 0 bridgehead atoms. The number of hydrogen-bond acceptors (Lipinski definition) is 3. The van der Waals surface area contributed by atoms with Crippen molar-refractivity contribution in [3.63, 3.8) is 0 Å². The van der Waals surface area contributed by atoms with E-state index in [0.29, 0.717) is 24.7 Å². The zero-order valence-corrected chi connectivity index (χ0v) is 14.0. The minimum atomic E-state index is -0.317.